The molecule has 0 spiro atoms. The lowest BCUT2D eigenvalue weighted by molar-refractivity contribution is -0.385. The highest BCUT2D eigenvalue weighted by atomic mass is 35.5. The summed E-state index contributed by atoms with van der Waals surface area (Å²) in [6.45, 7) is 1.97. The standard InChI is InChI=1S/C23H29Cl2N5O5.ClH/c1-27(2)14-11-26-22(31)20-15-17(3-8-21(20)30(34)35)16-29(23(32)33)19-6-4-18(5-7-19)28(12-9-24)13-10-25;/h3-8,15H,9-14,16H2,1-2H3,(H,26,31)(H,32,33);1H. The largest absolute Gasteiger partial charge is 0.465 e. The molecule has 0 aromatic heterocycles. The minimum atomic E-state index is -1.20. The van der Waals surface area contributed by atoms with E-state index in [1.165, 1.54) is 18.2 Å². The Labute approximate surface area is 226 Å². The van der Waals surface area contributed by atoms with Crippen LogP contribution in [0.25, 0.3) is 0 Å². The molecule has 0 radical (unpaired) electrons. The Morgan fingerprint density at radius 2 is 1.58 bits per heavy atom. The van der Waals surface area contributed by atoms with Crippen LogP contribution in [0.5, 0.6) is 0 Å². The van der Waals surface area contributed by atoms with Gasteiger partial charge in [0.2, 0.25) is 0 Å². The van der Waals surface area contributed by atoms with E-state index in [2.05, 4.69) is 5.32 Å². The van der Waals surface area contributed by atoms with Gasteiger partial charge in [-0.05, 0) is 50.0 Å². The maximum atomic E-state index is 12.6. The number of benzene rings is 2. The summed E-state index contributed by atoms with van der Waals surface area (Å²) < 4.78 is 0. The van der Waals surface area contributed by atoms with Crippen molar-refractivity contribution in [3.8, 4) is 0 Å². The molecule has 0 bridgehead atoms. The average Bonchev–Trinajstić information content (AvgIpc) is 2.82. The zero-order chi connectivity index (χ0) is 26.0. The number of anilines is 2. The quantitative estimate of drug-likeness (QED) is 0.212. The first-order valence-corrected chi connectivity index (χ1v) is 11.9. The molecule has 198 valence electrons. The van der Waals surface area contributed by atoms with Gasteiger partial charge in [-0.25, -0.2) is 4.79 Å². The lowest BCUT2D eigenvalue weighted by atomic mass is 10.1. The Balaban J connectivity index is 0.00000648. The first-order chi connectivity index (χ1) is 16.7. The molecule has 0 aliphatic carbocycles. The number of halogens is 3. The summed E-state index contributed by atoms with van der Waals surface area (Å²) in [5, 5.41) is 23.9. The molecule has 0 aliphatic heterocycles. The zero-order valence-electron chi connectivity index (χ0n) is 20.0. The molecule has 2 rings (SSSR count). The molecule has 0 saturated carbocycles. The molecule has 13 heteroatoms. The number of carboxylic acid groups (broad SMARTS) is 1. The van der Waals surface area contributed by atoms with Gasteiger partial charge in [-0.2, -0.15) is 0 Å². The first-order valence-electron chi connectivity index (χ1n) is 10.9. The Morgan fingerprint density at radius 3 is 2.08 bits per heavy atom. The smallest absolute Gasteiger partial charge is 0.412 e. The van der Waals surface area contributed by atoms with Gasteiger partial charge in [0.25, 0.3) is 11.6 Å². The monoisotopic (exact) mass is 561 g/mol. The molecule has 10 nitrogen and oxygen atoms in total. The Kier molecular flexibility index (Phi) is 13.3. The molecule has 0 heterocycles. The van der Waals surface area contributed by atoms with Crippen molar-refractivity contribution in [3.63, 3.8) is 0 Å². The third kappa shape index (κ3) is 9.02. The molecule has 2 aromatic carbocycles. The fourth-order valence-electron chi connectivity index (χ4n) is 3.38. The van der Waals surface area contributed by atoms with E-state index in [1.807, 2.05) is 23.9 Å². The molecule has 0 unspecified atom stereocenters. The van der Waals surface area contributed by atoms with Crippen LogP contribution in [0, 0.1) is 10.1 Å². The Bertz CT molecular complexity index is 1020. The van der Waals surface area contributed by atoms with Crippen molar-refractivity contribution in [2.45, 2.75) is 6.54 Å². The van der Waals surface area contributed by atoms with E-state index >= 15 is 0 Å². The lowest BCUT2D eigenvalue weighted by Crippen LogP contribution is -2.32. The SMILES string of the molecule is CN(C)CCNC(=O)c1cc(CN(C(=O)O)c2ccc(N(CCCl)CCCl)cc2)ccc1[N+](=O)[O-].Cl. The van der Waals surface area contributed by atoms with Crippen LogP contribution < -0.4 is 15.1 Å². The number of rotatable bonds is 13. The van der Waals surface area contributed by atoms with Crippen LogP contribution in [-0.2, 0) is 6.54 Å². The highest BCUT2D eigenvalue weighted by molar-refractivity contribution is 6.18. The highest BCUT2D eigenvalue weighted by Gasteiger charge is 2.23. The average molecular weight is 563 g/mol. The highest BCUT2D eigenvalue weighted by Crippen LogP contribution is 2.25. The summed E-state index contributed by atoms with van der Waals surface area (Å²) in [5.41, 5.74) is 1.23. The van der Waals surface area contributed by atoms with Crippen molar-refractivity contribution in [2.75, 3.05) is 61.8 Å². The van der Waals surface area contributed by atoms with Gasteiger partial charge in [-0.15, -0.1) is 35.6 Å². The molecule has 36 heavy (non-hydrogen) atoms. The number of hydrogen-bond donors (Lipinski definition) is 2. The van der Waals surface area contributed by atoms with Gasteiger partial charge in [0.1, 0.15) is 5.56 Å². The summed E-state index contributed by atoms with van der Waals surface area (Å²) in [6.07, 6.45) is -1.20. The van der Waals surface area contributed by atoms with Crippen LogP contribution in [0.3, 0.4) is 0 Å². The first kappa shape index (κ1) is 31.2. The van der Waals surface area contributed by atoms with Crippen LogP contribution in [0.15, 0.2) is 42.5 Å². The minimum Gasteiger partial charge on any atom is -0.465 e. The molecule has 0 saturated heterocycles. The normalized spacial score (nSPS) is 10.5. The molecule has 0 fully saturated rings. The Hall–Kier alpha value is -2.79. The van der Waals surface area contributed by atoms with Crippen molar-refractivity contribution in [1.29, 1.82) is 0 Å². The van der Waals surface area contributed by atoms with E-state index in [9.17, 15) is 24.8 Å². The lowest BCUT2D eigenvalue weighted by Gasteiger charge is -2.24. The number of nitrogens with one attached hydrogen (secondary N) is 1. The van der Waals surface area contributed by atoms with E-state index in [4.69, 9.17) is 23.2 Å². The number of likely N-dealkylation sites (N-methyl/N-ethyl adjacent to an activating group) is 1. The fourth-order valence-corrected chi connectivity index (χ4v) is 3.79. The minimum absolute atomic E-state index is 0. The number of hydrogen-bond acceptors (Lipinski definition) is 6. The van der Waals surface area contributed by atoms with Crippen molar-refractivity contribution in [1.82, 2.24) is 10.2 Å². The number of nitro groups is 1. The molecule has 2 N–H and O–H groups in total. The van der Waals surface area contributed by atoms with Crippen LogP contribution in [0.4, 0.5) is 21.9 Å². The fraction of sp³-hybridized carbons (Fsp3) is 0.391. The van der Waals surface area contributed by atoms with Gasteiger partial charge in [-0.1, -0.05) is 6.07 Å². The summed E-state index contributed by atoms with van der Waals surface area (Å²) in [6, 6.07) is 10.9. The predicted molar refractivity (Wildman–Crippen MR) is 146 cm³/mol. The van der Waals surface area contributed by atoms with Crippen LogP contribution in [0.1, 0.15) is 15.9 Å². The van der Waals surface area contributed by atoms with Crippen molar-refractivity contribution >= 4 is 64.7 Å². The summed E-state index contributed by atoms with van der Waals surface area (Å²) >= 11 is 11.7. The van der Waals surface area contributed by atoms with Crippen molar-refractivity contribution < 1.29 is 19.6 Å². The summed E-state index contributed by atoms with van der Waals surface area (Å²) in [7, 11) is 3.69. The molecule has 0 aliphatic rings. The second kappa shape index (κ2) is 15.4. The van der Waals surface area contributed by atoms with Crippen LogP contribution in [-0.4, -0.2) is 79.0 Å². The number of carbonyl (C=O) groups excluding carboxylic acids is 1. The molecular formula is C23H30Cl3N5O5. The molecular weight excluding hydrogens is 533 g/mol. The third-order valence-corrected chi connectivity index (χ3v) is 5.49. The van der Waals surface area contributed by atoms with Crippen molar-refractivity contribution in [2.24, 2.45) is 0 Å². The zero-order valence-corrected chi connectivity index (χ0v) is 22.4. The van der Waals surface area contributed by atoms with Gasteiger partial charge in [0, 0.05) is 55.4 Å². The van der Waals surface area contributed by atoms with Gasteiger partial charge >= 0.3 is 6.09 Å². The third-order valence-electron chi connectivity index (χ3n) is 5.15. The topological polar surface area (TPSA) is 119 Å². The van der Waals surface area contributed by atoms with Gasteiger partial charge in [-0.3, -0.25) is 19.8 Å². The number of nitrogens with zero attached hydrogens (tertiary/aromatic N) is 4. The predicted octanol–water partition coefficient (Wildman–Crippen LogP) is 4.28. The number of alkyl halides is 2. The van der Waals surface area contributed by atoms with Crippen LogP contribution in [0.2, 0.25) is 0 Å². The molecule has 2 amide bonds. The summed E-state index contributed by atoms with van der Waals surface area (Å²) in [5.74, 6) is 0.251. The Morgan fingerprint density at radius 1 is 1.00 bits per heavy atom. The number of nitro benzene ring substituents is 1. The van der Waals surface area contributed by atoms with Gasteiger partial charge < -0.3 is 20.2 Å². The number of carbonyl (C=O) groups is 2. The maximum absolute atomic E-state index is 12.6. The van der Waals surface area contributed by atoms with E-state index < -0.39 is 16.9 Å². The maximum Gasteiger partial charge on any atom is 0.412 e. The van der Waals surface area contributed by atoms with Gasteiger partial charge in [0.15, 0.2) is 0 Å². The number of amides is 2. The van der Waals surface area contributed by atoms with E-state index in [0.29, 0.717) is 49.2 Å². The molecule has 0 atom stereocenters. The van der Waals surface area contributed by atoms with E-state index in [0.717, 1.165) is 10.6 Å². The van der Waals surface area contributed by atoms with E-state index in [-0.39, 0.29) is 30.2 Å². The second-order valence-corrected chi connectivity index (χ2v) is 8.67. The molecule has 2 aromatic rings. The van der Waals surface area contributed by atoms with Gasteiger partial charge in [0.05, 0.1) is 11.5 Å². The second-order valence-electron chi connectivity index (χ2n) is 7.92. The van der Waals surface area contributed by atoms with E-state index in [1.54, 1.807) is 24.3 Å². The summed E-state index contributed by atoms with van der Waals surface area (Å²) in [4.78, 5) is 40.4. The van der Waals surface area contributed by atoms with Crippen LogP contribution >= 0.6 is 35.6 Å². The van der Waals surface area contributed by atoms with Crippen molar-refractivity contribution in [3.05, 3.63) is 63.7 Å².